The normalized spacial score (nSPS) is 27.1. The Hall–Kier alpha value is -0.840. The van der Waals surface area contributed by atoms with E-state index in [2.05, 4.69) is 29.4 Å². The fourth-order valence-corrected chi connectivity index (χ4v) is 4.61. The Morgan fingerprint density at radius 2 is 1.83 bits per heavy atom. The highest BCUT2D eigenvalue weighted by Crippen LogP contribution is 2.34. The molecule has 1 unspecified atom stereocenters. The minimum absolute atomic E-state index is 0.482. The average Bonchev–Trinajstić information content (AvgIpc) is 2.50. The third-order valence-electron chi connectivity index (χ3n) is 5.14. The maximum absolute atomic E-state index is 5.93. The van der Waals surface area contributed by atoms with Crippen molar-refractivity contribution in [2.45, 2.75) is 64.1 Å². The fourth-order valence-electron chi connectivity index (χ4n) is 4.20. The van der Waals surface area contributed by atoms with Crippen molar-refractivity contribution in [3.63, 3.8) is 0 Å². The van der Waals surface area contributed by atoms with Gasteiger partial charge in [0.15, 0.2) is 5.11 Å². The summed E-state index contributed by atoms with van der Waals surface area (Å²) in [6, 6.07) is 9.58. The average molecular weight is 366 g/mol. The van der Waals surface area contributed by atoms with Crippen LogP contribution in [0.15, 0.2) is 24.3 Å². The summed E-state index contributed by atoms with van der Waals surface area (Å²) in [6.07, 6.45) is 6.44. The van der Waals surface area contributed by atoms with E-state index in [0.29, 0.717) is 6.04 Å². The summed E-state index contributed by atoms with van der Waals surface area (Å²) in [6.45, 7) is 5.88. The third-order valence-corrected chi connectivity index (χ3v) is 5.61. The van der Waals surface area contributed by atoms with Gasteiger partial charge in [0.25, 0.3) is 0 Å². The van der Waals surface area contributed by atoms with E-state index in [4.69, 9.17) is 23.8 Å². The van der Waals surface area contributed by atoms with E-state index in [-0.39, 0.29) is 0 Å². The first-order valence-corrected chi connectivity index (χ1v) is 9.88. The van der Waals surface area contributed by atoms with Crippen LogP contribution in [0.5, 0.6) is 0 Å². The molecular formula is C19H28ClN3S. The highest BCUT2D eigenvalue weighted by Gasteiger charge is 2.38. The monoisotopic (exact) mass is 365 g/mol. The summed E-state index contributed by atoms with van der Waals surface area (Å²) in [5, 5.41) is 8.28. The van der Waals surface area contributed by atoms with Gasteiger partial charge in [0.2, 0.25) is 0 Å². The Kier molecular flexibility index (Phi) is 6.01. The maximum Gasteiger partial charge on any atom is 0.170 e. The van der Waals surface area contributed by atoms with E-state index in [1.807, 2.05) is 24.3 Å². The number of piperidine rings is 2. The van der Waals surface area contributed by atoms with Crippen molar-refractivity contribution in [3.05, 3.63) is 29.3 Å². The summed E-state index contributed by atoms with van der Waals surface area (Å²) in [5.74, 6) is 0.741. The molecule has 2 aliphatic rings. The molecular weight excluding hydrogens is 338 g/mol. The van der Waals surface area contributed by atoms with Gasteiger partial charge in [-0.25, -0.2) is 0 Å². The second-order valence-corrected chi connectivity index (χ2v) is 8.45. The molecule has 2 bridgehead atoms. The predicted molar refractivity (Wildman–Crippen MR) is 107 cm³/mol. The molecule has 1 aromatic carbocycles. The van der Waals surface area contributed by atoms with Gasteiger partial charge in [-0.05, 0) is 68.1 Å². The molecule has 2 saturated heterocycles. The summed E-state index contributed by atoms with van der Waals surface area (Å²) >= 11 is 11.4. The largest absolute Gasteiger partial charge is 0.360 e. The van der Waals surface area contributed by atoms with Crippen molar-refractivity contribution in [2.75, 3.05) is 11.9 Å². The number of fused-ring (bicyclic) bond motifs is 2. The molecule has 3 nitrogen and oxygen atoms in total. The quantitative estimate of drug-likeness (QED) is 0.758. The van der Waals surface area contributed by atoms with Gasteiger partial charge in [-0.3, -0.25) is 4.90 Å². The van der Waals surface area contributed by atoms with Gasteiger partial charge in [-0.1, -0.05) is 31.9 Å². The van der Waals surface area contributed by atoms with Gasteiger partial charge in [0.05, 0.1) is 0 Å². The number of hydrogen-bond donors (Lipinski definition) is 2. The van der Waals surface area contributed by atoms with E-state index in [1.165, 1.54) is 38.6 Å². The molecule has 0 spiro atoms. The molecule has 24 heavy (non-hydrogen) atoms. The Morgan fingerprint density at radius 3 is 2.42 bits per heavy atom. The zero-order chi connectivity index (χ0) is 17.1. The SMILES string of the molecule is CC(C)CN1[C@@H]2CCC[C@H]1CC(NC(=S)Nc1ccc(Cl)cc1)C2. The van der Waals surface area contributed by atoms with Crippen LogP contribution in [-0.2, 0) is 0 Å². The van der Waals surface area contributed by atoms with Crippen molar-refractivity contribution >= 4 is 34.6 Å². The van der Waals surface area contributed by atoms with Crippen LogP contribution in [0.25, 0.3) is 0 Å². The van der Waals surface area contributed by atoms with Crippen molar-refractivity contribution < 1.29 is 0 Å². The lowest BCUT2D eigenvalue weighted by Gasteiger charge is -2.49. The second-order valence-electron chi connectivity index (χ2n) is 7.60. The molecule has 0 radical (unpaired) electrons. The third kappa shape index (κ3) is 4.62. The molecule has 3 rings (SSSR count). The van der Waals surface area contributed by atoms with Gasteiger partial charge < -0.3 is 10.6 Å². The number of rotatable bonds is 4. The summed E-state index contributed by atoms with van der Waals surface area (Å²) < 4.78 is 0. The van der Waals surface area contributed by atoms with Crippen LogP contribution in [0.3, 0.4) is 0 Å². The number of halogens is 1. The van der Waals surface area contributed by atoms with Crippen LogP contribution in [0.2, 0.25) is 5.02 Å². The zero-order valence-corrected chi connectivity index (χ0v) is 16.2. The van der Waals surface area contributed by atoms with Gasteiger partial charge in [0.1, 0.15) is 0 Å². The molecule has 0 aromatic heterocycles. The van der Waals surface area contributed by atoms with Gasteiger partial charge in [-0.15, -0.1) is 0 Å². The van der Waals surface area contributed by atoms with Gasteiger partial charge in [-0.2, -0.15) is 0 Å². The van der Waals surface area contributed by atoms with Crippen molar-refractivity contribution in [2.24, 2.45) is 5.92 Å². The number of benzene rings is 1. The van der Waals surface area contributed by atoms with Crippen molar-refractivity contribution in [1.29, 1.82) is 0 Å². The van der Waals surface area contributed by atoms with Crippen LogP contribution >= 0.6 is 23.8 Å². The summed E-state index contributed by atoms with van der Waals surface area (Å²) in [4.78, 5) is 2.77. The molecule has 5 heteroatoms. The van der Waals surface area contributed by atoms with Gasteiger partial charge >= 0.3 is 0 Å². The van der Waals surface area contributed by atoms with E-state index in [9.17, 15) is 0 Å². The van der Waals surface area contributed by atoms with Crippen molar-refractivity contribution in [1.82, 2.24) is 10.2 Å². The van der Waals surface area contributed by atoms with E-state index < -0.39 is 0 Å². The highest BCUT2D eigenvalue weighted by molar-refractivity contribution is 7.80. The molecule has 1 aromatic rings. The van der Waals surface area contributed by atoms with Crippen LogP contribution in [0.4, 0.5) is 5.69 Å². The lowest BCUT2D eigenvalue weighted by Crippen LogP contribution is -2.58. The molecule has 2 aliphatic heterocycles. The Bertz CT molecular complexity index is 546. The first kappa shape index (κ1) is 18.0. The molecule has 0 aliphatic carbocycles. The van der Waals surface area contributed by atoms with E-state index >= 15 is 0 Å². The fraction of sp³-hybridized carbons (Fsp3) is 0.632. The minimum Gasteiger partial charge on any atom is -0.360 e. The lowest BCUT2D eigenvalue weighted by atomic mass is 9.81. The summed E-state index contributed by atoms with van der Waals surface area (Å²) in [7, 11) is 0. The first-order chi connectivity index (χ1) is 11.5. The maximum atomic E-state index is 5.93. The molecule has 0 amide bonds. The second kappa shape index (κ2) is 8.03. The zero-order valence-electron chi connectivity index (χ0n) is 14.6. The van der Waals surface area contributed by atoms with E-state index in [1.54, 1.807) is 0 Å². The molecule has 132 valence electrons. The number of thiocarbonyl (C=S) groups is 1. The smallest absolute Gasteiger partial charge is 0.170 e. The van der Waals surface area contributed by atoms with Gasteiger partial charge in [0, 0.05) is 35.4 Å². The van der Waals surface area contributed by atoms with E-state index in [0.717, 1.165) is 33.8 Å². The molecule has 2 fully saturated rings. The van der Waals surface area contributed by atoms with Crippen molar-refractivity contribution in [3.8, 4) is 0 Å². The predicted octanol–water partition coefficient (Wildman–Crippen LogP) is 4.67. The Balaban J connectivity index is 1.55. The standard InChI is InChI=1S/C19H28ClN3S/c1-13(2)12-23-17-4-3-5-18(23)11-16(10-17)22-19(24)21-15-8-6-14(20)7-9-15/h6-9,13,16-18H,3-5,10-12H2,1-2H3,(H2,21,22,24)/t16?,17-,18+. The van der Waals surface area contributed by atoms with Crippen LogP contribution in [0, 0.1) is 5.92 Å². The lowest BCUT2D eigenvalue weighted by molar-refractivity contribution is 0.0191. The number of anilines is 1. The topological polar surface area (TPSA) is 27.3 Å². The molecule has 2 N–H and O–H groups in total. The van der Waals surface area contributed by atoms with Crippen LogP contribution < -0.4 is 10.6 Å². The highest BCUT2D eigenvalue weighted by atomic mass is 35.5. The number of nitrogens with one attached hydrogen (secondary N) is 2. The Morgan fingerprint density at radius 1 is 1.21 bits per heavy atom. The van der Waals surface area contributed by atoms with Crippen LogP contribution in [0.1, 0.15) is 46.0 Å². The molecule has 0 saturated carbocycles. The summed E-state index contributed by atoms with van der Waals surface area (Å²) in [5.41, 5.74) is 0.981. The Labute approximate surface area is 156 Å². The minimum atomic E-state index is 0.482. The molecule has 2 heterocycles. The van der Waals surface area contributed by atoms with Crippen LogP contribution in [-0.4, -0.2) is 34.7 Å². The first-order valence-electron chi connectivity index (χ1n) is 9.10. The number of hydrogen-bond acceptors (Lipinski definition) is 2. The number of nitrogens with zero attached hydrogens (tertiary/aromatic N) is 1. The molecule has 3 atom stereocenters.